The zero-order chi connectivity index (χ0) is 17.3. The maximum Gasteiger partial charge on any atom is 0.330 e. The van der Waals surface area contributed by atoms with E-state index in [2.05, 4.69) is 13.8 Å². The quantitative estimate of drug-likeness (QED) is 0.242. The molecular weight excluding hydrogens is 284 g/mol. The lowest BCUT2D eigenvalue weighted by Crippen LogP contribution is -1.98. The number of unbranched alkanes of at least 4 members (excludes halogenated alkanes) is 11. The zero-order valence-electron chi connectivity index (χ0n) is 15.9. The molecule has 0 aliphatic rings. The number of carboxylic acids is 1. The summed E-state index contributed by atoms with van der Waals surface area (Å²) in [5.74, 6) is -0.185. The first-order chi connectivity index (χ1) is 11.1. The highest BCUT2D eigenvalue weighted by Gasteiger charge is 2.03. The van der Waals surface area contributed by atoms with Crippen LogP contribution in [0.15, 0.2) is 11.6 Å². The molecule has 1 N–H and O–H groups in total. The number of aliphatic carboxylic acids is 1. The third-order valence-corrected chi connectivity index (χ3v) is 4.71. The molecule has 0 aliphatic carbocycles. The summed E-state index contributed by atoms with van der Waals surface area (Å²) in [6.07, 6.45) is 20.7. The topological polar surface area (TPSA) is 37.3 Å². The van der Waals surface area contributed by atoms with Crippen LogP contribution < -0.4 is 0 Å². The number of carboxylic acid groups (broad SMARTS) is 1. The summed E-state index contributed by atoms with van der Waals surface area (Å²) in [6, 6.07) is 0. The van der Waals surface area contributed by atoms with E-state index in [9.17, 15) is 4.79 Å². The van der Waals surface area contributed by atoms with Crippen LogP contribution in [-0.4, -0.2) is 11.1 Å². The monoisotopic (exact) mass is 324 g/mol. The molecule has 0 saturated carbocycles. The number of hydrogen-bond donors (Lipinski definition) is 1. The Labute approximate surface area is 144 Å². The van der Waals surface area contributed by atoms with E-state index < -0.39 is 5.97 Å². The molecule has 1 unspecified atom stereocenters. The van der Waals surface area contributed by atoms with Gasteiger partial charge in [0.25, 0.3) is 0 Å². The summed E-state index contributed by atoms with van der Waals surface area (Å²) in [4.78, 5) is 10.7. The first-order valence-electron chi connectivity index (χ1n) is 9.98. The van der Waals surface area contributed by atoms with Gasteiger partial charge in [-0.1, -0.05) is 103 Å². The Balaban J connectivity index is 3.29. The van der Waals surface area contributed by atoms with Crippen LogP contribution in [0.3, 0.4) is 0 Å². The van der Waals surface area contributed by atoms with E-state index in [1.165, 1.54) is 83.5 Å². The minimum Gasteiger partial charge on any atom is -0.478 e. The van der Waals surface area contributed by atoms with Crippen LogP contribution in [0, 0.1) is 5.92 Å². The molecule has 23 heavy (non-hydrogen) atoms. The molecule has 0 rings (SSSR count). The lowest BCUT2D eigenvalue weighted by Gasteiger charge is -2.09. The van der Waals surface area contributed by atoms with Crippen molar-refractivity contribution < 1.29 is 9.90 Å². The van der Waals surface area contributed by atoms with Gasteiger partial charge in [-0.25, -0.2) is 4.79 Å². The largest absolute Gasteiger partial charge is 0.478 e. The number of allylic oxidation sites excluding steroid dienone is 1. The van der Waals surface area contributed by atoms with Gasteiger partial charge in [0.2, 0.25) is 0 Å². The standard InChI is InChI=1S/C21H40O2/c1-4-5-6-7-8-9-10-11-12-13-14-15-16-19(2)17-18-20(3)21(22)23/h18-19H,4-17H2,1-3H3,(H,22,23)/b20-18+. The third-order valence-electron chi connectivity index (χ3n) is 4.71. The highest BCUT2D eigenvalue weighted by Crippen LogP contribution is 2.17. The van der Waals surface area contributed by atoms with E-state index in [0.29, 0.717) is 11.5 Å². The summed E-state index contributed by atoms with van der Waals surface area (Å²) in [7, 11) is 0. The normalized spacial score (nSPS) is 13.3. The number of carbonyl (C=O) groups is 1. The molecule has 0 bridgehead atoms. The maximum absolute atomic E-state index is 10.7. The molecular formula is C21H40O2. The molecule has 1 atom stereocenters. The minimum atomic E-state index is -0.789. The molecule has 2 heteroatoms. The molecule has 0 heterocycles. The SMILES string of the molecule is CCCCCCCCCCCCCCC(C)C/C=C(\C)C(=O)O. The van der Waals surface area contributed by atoms with Crippen molar-refractivity contribution in [1.82, 2.24) is 0 Å². The van der Waals surface area contributed by atoms with Gasteiger partial charge in [-0.05, 0) is 19.3 Å². The van der Waals surface area contributed by atoms with E-state index in [0.717, 1.165) is 6.42 Å². The number of rotatable bonds is 16. The Morgan fingerprint density at radius 1 is 0.870 bits per heavy atom. The van der Waals surface area contributed by atoms with Crippen molar-refractivity contribution in [1.29, 1.82) is 0 Å². The second-order valence-electron chi connectivity index (χ2n) is 7.21. The van der Waals surface area contributed by atoms with E-state index in [1.54, 1.807) is 6.92 Å². The summed E-state index contributed by atoms with van der Waals surface area (Å²) in [6.45, 7) is 6.18. The number of hydrogen-bond acceptors (Lipinski definition) is 1. The highest BCUT2D eigenvalue weighted by molar-refractivity contribution is 5.85. The van der Waals surface area contributed by atoms with Crippen molar-refractivity contribution in [2.75, 3.05) is 0 Å². The smallest absolute Gasteiger partial charge is 0.330 e. The van der Waals surface area contributed by atoms with Gasteiger partial charge in [0.1, 0.15) is 0 Å². The summed E-state index contributed by atoms with van der Waals surface area (Å²) in [5.41, 5.74) is 0.478. The Morgan fingerprint density at radius 2 is 1.30 bits per heavy atom. The first-order valence-corrected chi connectivity index (χ1v) is 9.98. The van der Waals surface area contributed by atoms with Crippen LogP contribution in [0.1, 0.15) is 111 Å². The predicted octanol–water partition coefficient (Wildman–Crippen LogP) is 7.13. The van der Waals surface area contributed by atoms with E-state index in [1.807, 2.05) is 6.08 Å². The Morgan fingerprint density at radius 3 is 1.74 bits per heavy atom. The second kappa shape index (κ2) is 16.1. The van der Waals surface area contributed by atoms with Crippen molar-refractivity contribution in [3.05, 3.63) is 11.6 Å². The fourth-order valence-electron chi connectivity index (χ4n) is 2.92. The van der Waals surface area contributed by atoms with Crippen molar-refractivity contribution in [2.45, 2.75) is 111 Å². The van der Waals surface area contributed by atoms with Gasteiger partial charge >= 0.3 is 5.97 Å². The van der Waals surface area contributed by atoms with Crippen molar-refractivity contribution in [3.8, 4) is 0 Å². The molecule has 0 aromatic rings. The lowest BCUT2D eigenvalue weighted by molar-refractivity contribution is -0.132. The van der Waals surface area contributed by atoms with Gasteiger partial charge in [-0.3, -0.25) is 0 Å². The predicted molar refractivity (Wildman–Crippen MR) is 101 cm³/mol. The van der Waals surface area contributed by atoms with Crippen molar-refractivity contribution in [3.63, 3.8) is 0 Å². The molecule has 0 aromatic heterocycles. The Hall–Kier alpha value is -0.790. The first kappa shape index (κ1) is 22.2. The van der Waals surface area contributed by atoms with Gasteiger partial charge < -0.3 is 5.11 Å². The summed E-state index contributed by atoms with van der Waals surface area (Å²) < 4.78 is 0. The molecule has 0 radical (unpaired) electrons. The van der Waals surface area contributed by atoms with Crippen molar-refractivity contribution in [2.24, 2.45) is 5.92 Å². The second-order valence-corrected chi connectivity index (χ2v) is 7.21. The molecule has 0 saturated heterocycles. The molecule has 0 amide bonds. The van der Waals surface area contributed by atoms with Gasteiger partial charge in [0.05, 0.1) is 0 Å². The fraction of sp³-hybridized carbons (Fsp3) is 0.857. The summed E-state index contributed by atoms with van der Waals surface area (Å²) in [5, 5.41) is 8.82. The molecule has 0 fully saturated rings. The molecule has 0 aromatic carbocycles. The van der Waals surface area contributed by atoms with E-state index in [-0.39, 0.29) is 0 Å². The van der Waals surface area contributed by atoms with Gasteiger partial charge in [-0.15, -0.1) is 0 Å². The van der Waals surface area contributed by atoms with Crippen LogP contribution >= 0.6 is 0 Å². The zero-order valence-corrected chi connectivity index (χ0v) is 15.9. The van der Waals surface area contributed by atoms with Gasteiger partial charge in [0.15, 0.2) is 0 Å². The third kappa shape index (κ3) is 15.9. The Kier molecular flexibility index (Phi) is 15.5. The molecule has 0 spiro atoms. The van der Waals surface area contributed by atoms with Crippen LogP contribution in [0.5, 0.6) is 0 Å². The van der Waals surface area contributed by atoms with E-state index in [4.69, 9.17) is 5.11 Å². The van der Waals surface area contributed by atoms with Crippen molar-refractivity contribution >= 4 is 5.97 Å². The summed E-state index contributed by atoms with van der Waals surface area (Å²) >= 11 is 0. The van der Waals surface area contributed by atoms with Crippen LogP contribution in [0.25, 0.3) is 0 Å². The molecule has 136 valence electrons. The maximum atomic E-state index is 10.7. The molecule has 2 nitrogen and oxygen atoms in total. The van der Waals surface area contributed by atoms with Crippen LogP contribution in [0.2, 0.25) is 0 Å². The minimum absolute atomic E-state index is 0.478. The van der Waals surface area contributed by atoms with Crippen LogP contribution in [0.4, 0.5) is 0 Å². The highest BCUT2D eigenvalue weighted by atomic mass is 16.4. The average Bonchev–Trinajstić information content (AvgIpc) is 2.53. The van der Waals surface area contributed by atoms with Crippen LogP contribution in [-0.2, 0) is 4.79 Å². The van der Waals surface area contributed by atoms with Gasteiger partial charge in [-0.2, -0.15) is 0 Å². The lowest BCUT2D eigenvalue weighted by atomic mass is 9.97. The Bertz CT molecular complexity index is 307. The fourth-order valence-corrected chi connectivity index (χ4v) is 2.92. The van der Waals surface area contributed by atoms with E-state index >= 15 is 0 Å². The van der Waals surface area contributed by atoms with Gasteiger partial charge in [0, 0.05) is 5.57 Å². The molecule has 0 aliphatic heterocycles. The average molecular weight is 325 g/mol.